The molecule has 0 unspecified atom stereocenters. The summed E-state index contributed by atoms with van der Waals surface area (Å²) in [5.41, 5.74) is 0.882. The van der Waals surface area contributed by atoms with Gasteiger partial charge in [0.25, 0.3) is 0 Å². The summed E-state index contributed by atoms with van der Waals surface area (Å²) in [4.78, 5) is 11.7. The van der Waals surface area contributed by atoms with Gasteiger partial charge in [0.1, 0.15) is 0 Å². The van der Waals surface area contributed by atoms with Crippen LogP contribution in [0.2, 0.25) is 0 Å². The molecule has 1 amide bonds. The van der Waals surface area contributed by atoms with Gasteiger partial charge in [-0.1, -0.05) is 0 Å². The van der Waals surface area contributed by atoms with Gasteiger partial charge in [0.05, 0.1) is 5.92 Å². The maximum absolute atomic E-state index is 11.7. The lowest BCUT2D eigenvalue weighted by Gasteiger charge is -2.09. The van der Waals surface area contributed by atoms with Crippen LogP contribution in [-0.2, 0) is 4.79 Å². The van der Waals surface area contributed by atoms with Crippen LogP contribution in [0.5, 0.6) is 0 Å². The second-order valence-corrected chi connectivity index (χ2v) is 4.93. The molecule has 1 aliphatic heterocycles. The highest BCUT2D eigenvalue weighted by atomic mass is 127. The predicted octanol–water partition coefficient (Wildman–Crippen LogP) is 2.26. The fourth-order valence-corrected chi connectivity index (χ4v) is 2.02. The molecule has 1 aromatic carbocycles. The first-order valence-corrected chi connectivity index (χ1v) is 6.11. The second kappa shape index (κ2) is 6.42. The SMILES string of the molecule is Cl.O=C(Nc1ccc(I)cc1)[C@@H]1CCNC1. The summed E-state index contributed by atoms with van der Waals surface area (Å²) in [5, 5.41) is 6.11. The van der Waals surface area contributed by atoms with Crippen LogP contribution in [-0.4, -0.2) is 19.0 Å². The number of nitrogens with one attached hydrogen (secondary N) is 2. The fourth-order valence-electron chi connectivity index (χ4n) is 1.66. The smallest absolute Gasteiger partial charge is 0.228 e. The van der Waals surface area contributed by atoms with Crippen LogP contribution in [0, 0.1) is 9.49 Å². The summed E-state index contributed by atoms with van der Waals surface area (Å²) in [6, 6.07) is 7.84. The van der Waals surface area contributed by atoms with E-state index in [2.05, 4.69) is 33.2 Å². The minimum atomic E-state index is 0. The summed E-state index contributed by atoms with van der Waals surface area (Å²) < 4.78 is 1.17. The second-order valence-electron chi connectivity index (χ2n) is 3.69. The summed E-state index contributed by atoms with van der Waals surface area (Å²) in [7, 11) is 0. The van der Waals surface area contributed by atoms with E-state index in [0.717, 1.165) is 25.2 Å². The van der Waals surface area contributed by atoms with E-state index in [1.165, 1.54) is 3.57 Å². The van der Waals surface area contributed by atoms with Crippen molar-refractivity contribution in [3.05, 3.63) is 27.8 Å². The molecule has 1 heterocycles. The van der Waals surface area contributed by atoms with Gasteiger partial charge in [0, 0.05) is 15.8 Å². The lowest BCUT2D eigenvalue weighted by Crippen LogP contribution is -2.24. The molecule has 1 fully saturated rings. The first kappa shape index (κ1) is 13.7. The van der Waals surface area contributed by atoms with E-state index in [1.807, 2.05) is 24.3 Å². The van der Waals surface area contributed by atoms with Crippen LogP contribution in [0.3, 0.4) is 0 Å². The molecule has 0 aliphatic carbocycles. The summed E-state index contributed by atoms with van der Waals surface area (Å²) >= 11 is 2.25. The minimum Gasteiger partial charge on any atom is -0.326 e. The largest absolute Gasteiger partial charge is 0.326 e. The van der Waals surface area contributed by atoms with E-state index in [0.29, 0.717) is 0 Å². The van der Waals surface area contributed by atoms with Crippen molar-refractivity contribution in [3.8, 4) is 0 Å². The van der Waals surface area contributed by atoms with Crippen molar-refractivity contribution in [2.45, 2.75) is 6.42 Å². The van der Waals surface area contributed by atoms with Gasteiger partial charge < -0.3 is 10.6 Å². The van der Waals surface area contributed by atoms with Gasteiger partial charge in [-0.2, -0.15) is 0 Å². The zero-order chi connectivity index (χ0) is 10.7. The molecule has 0 spiro atoms. The average Bonchev–Trinajstić information content (AvgIpc) is 2.74. The fraction of sp³-hybridized carbons (Fsp3) is 0.364. The molecule has 3 nitrogen and oxygen atoms in total. The lowest BCUT2D eigenvalue weighted by atomic mass is 10.1. The first-order chi connectivity index (χ1) is 7.25. The van der Waals surface area contributed by atoms with Gasteiger partial charge in [-0.05, 0) is 59.8 Å². The first-order valence-electron chi connectivity index (χ1n) is 5.03. The van der Waals surface area contributed by atoms with Crippen molar-refractivity contribution in [1.29, 1.82) is 0 Å². The Labute approximate surface area is 115 Å². The number of rotatable bonds is 2. The maximum atomic E-state index is 11.7. The van der Waals surface area contributed by atoms with E-state index in [9.17, 15) is 4.79 Å². The van der Waals surface area contributed by atoms with Crippen molar-refractivity contribution in [2.24, 2.45) is 5.92 Å². The minimum absolute atomic E-state index is 0. The number of benzene rings is 1. The Morgan fingerprint density at radius 2 is 2.06 bits per heavy atom. The van der Waals surface area contributed by atoms with E-state index < -0.39 is 0 Å². The molecule has 2 N–H and O–H groups in total. The number of hydrogen-bond acceptors (Lipinski definition) is 2. The van der Waals surface area contributed by atoms with Crippen molar-refractivity contribution in [1.82, 2.24) is 5.32 Å². The molecule has 88 valence electrons. The zero-order valence-corrected chi connectivity index (χ0v) is 11.7. The molecule has 0 aromatic heterocycles. The van der Waals surface area contributed by atoms with Crippen LogP contribution >= 0.6 is 35.0 Å². The summed E-state index contributed by atoms with van der Waals surface area (Å²) in [6.07, 6.45) is 0.941. The van der Waals surface area contributed by atoms with Crippen molar-refractivity contribution < 1.29 is 4.79 Å². The predicted molar refractivity (Wildman–Crippen MR) is 76.0 cm³/mol. The average molecular weight is 353 g/mol. The highest BCUT2D eigenvalue weighted by molar-refractivity contribution is 14.1. The molecule has 1 saturated heterocycles. The Balaban J connectivity index is 0.00000128. The molecule has 0 bridgehead atoms. The van der Waals surface area contributed by atoms with Gasteiger partial charge in [0.15, 0.2) is 0 Å². The highest BCUT2D eigenvalue weighted by Gasteiger charge is 2.22. The third-order valence-electron chi connectivity index (χ3n) is 2.54. The number of anilines is 1. The number of amides is 1. The maximum Gasteiger partial charge on any atom is 0.228 e. The zero-order valence-electron chi connectivity index (χ0n) is 8.70. The monoisotopic (exact) mass is 352 g/mol. The molecular formula is C11H14ClIN2O. The molecule has 16 heavy (non-hydrogen) atoms. The van der Waals surface area contributed by atoms with E-state index in [-0.39, 0.29) is 24.2 Å². The molecular weight excluding hydrogens is 338 g/mol. The van der Waals surface area contributed by atoms with Crippen molar-refractivity contribution in [2.75, 3.05) is 18.4 Å². The normalized spacial score (nSPS) is 18.9. The van der Waals surface area contributed by atoms with Gasteiger partial charge >= 0.3 is 0 Å². The Morgan fingerprint density at radius 1 is 1.38 bits per heavy atom. The summed E-state index contributed by atoms with van der Waals surface area (Å²) in [5.74, 6) is 0.255. The molecule has 1 atom stereocenters. The third kappa shape index (κ3) is 3.61. The number of carbonyl (C=O) groups excluding carboxylic acids is 1. The molecule has 0 saturated carbocycles. The Bertz CT molecular complexity index is 350. The number of hydrogen-bond donors (Lipinski definition) is 2. The van der Waals surface area contributed by atoms with Gasteiger partial charge in [-0.25, -0.2) is 0 Å². The van der Waals surface area contributed by atoms with Crippen molar-refractivity contribution in [3.63, 3.8) is 0 Å². The number of carbonyl (C=O) groups is 1. The van der Waals surface area contributed by atoms with E-state index >= 15 is 0 Å². The number of halogens is 2. The quantitative estimate of drug-likeness (QED) is 0.802. The van der Waals surface area contributed by atoms with Gasteiger partial charge in [-0.3, -0.25) is 4.79 Å². The van der Waals surface area contributed by atoms with Crippen LogP contribution in [0.25, 0.3) is 0 Å². The summed E-state index contributed by atoms with van der Waals surface area (Å²) in [6.45, 7) is 1.75. The molecule has 2 rings (SSSR count). The topological polar surface area (TPSA) is 41.1 Å². The van der Waals surface area contributed by atoms with Crippen LogP contribution < -0.4 is 10.6 Å². The van der Waals surface area contributed by atoms with Crippen LogP contribution in [0.15, 0.2) is 24.3 Å². The van der Waals surface area contributed by atoms with Crippen molar-refractivity contribution >= 4 is 46.6 Å². The molecule has 0 radical (unpaired) electrons. The van der Waals surface area contributed by atoms with E-state index in [1.54, 1.807) is 0 Å². The van der Waals surface area contributed by atoms with Crippen LogP contribution in [0.4, 0.5) is 5.69 Å². The molecule has 1 aliphatic rings. The van der Waals surface area contributed by atoms with Gasteiger partial charge in [0.2, 0.25) is 5.91 Å². The van der Waals surface area contributed by atoms with Gasteiger partial charge in [-0.15, -0.1) is 12.4 Å². The Kier molecular flexibility index (Phi) is 5.51. The standard InChI is InChI=1S/C11H13IN2O.ClH/c12-9-1-3-10(4-2-9)14-11(15)8-5-6-13-7-8;/h1-4,8,13H,5-7H2,(H,14,15);1H/t8-;/m1./s1. The van der Waals surface area contributed by atoms with E-state index in [4.69, 9.17) is 0 Å². The highest BCUT2D eigenvalue weighted by Crippen LogP contribution is 2.14. The molecule has 5 heteroatoms. The lowest BCUT2D eigenvalue weighted by molar-refractivity contribution is -0.119. The Hall–Kier alpha value is -0.330. The Morgan fingerprint density at radius 3 is 2.62 bits per heavy atom. The third-order valence-corrected chi connectivity index (χ3v) is 3.26. The molecule has 1 aromatic rings. The van der Waals surface area contributed by atoms with Crippen LogP contribution in [0.1, 0.15) is 6.42 Å².